The molecule has 34 heavy (non-hydrogen) atoms. The van der Waals surface area contributed by atoms with E-state index in [1.807, 2.05) is 6.07 Å². The number of nitro groups is 1. The number of ether oxygens (including phenoxy) is 3. The first-order chi connectivity index (χ1) is 16.4. The maximum Gasteiger partial charge on any atom is 0.349 e. The molecule has 170 valence electrons. The summed E-state index contributed by atoms with van der Waals surface area (Å²) in [4.78, 5) is 22.4. The first-order valence-corrected chi connectivity index (χ1v) is 10.3. The van der Waals surface area contributed by atoms with E-state index in [1.165, 1.54) is 30.3 Å². The lowest BCUT2D eigenvalue weighted by Crippen LogP contribution is -2.22. The quantitative estimate of drug-likeness (QED) is 0.238. The number of fused-ring (bicyclic) bond motifs is 1. The Hall–Kier alpha value is -4.55. The molecule has 10 heteroatoms. The largest absolute Gasteiger partial charge is 0.482 e. The number of hydrogen-bond donors (Lipinski definition) is 1. The number of nitrogens with zero attached hydrogens (tertiary/aromatic N) is 2. The van der Waals surface area contributed by atoms with Crippen molar-refractivity contribution in [1.29, 1.82) is 5.26 Å². The Morgan fingerprint density at radius 3 is 2.50 bits per heavy atom. The normalized spacial score (nSPS) is 14.4. The van der Waals surface area contributed by atoms with Gasteiger partial charge in [0, 0.05) is 28.8 Å². The van der Waals surface area contributed by atoms with Crippen molar-refractivity contribution in [2.75, 3.05) is 6.61 Å². The molecule has 0 aromatic heterocycles. The molecule has 1 unspecified atom stereocenters. The summed E-state index contributed by atoms with van der Waals surface area (Å²) in [6.45, 7) is -0.418. The number of non-ortho nitro benzene ring substituents is 1. The lowest BCUT2D eigenvalue weighted by atomic mass is 9.83. The van der Waals surface area contributed by atoms with Crippen LogP contribution in [-0.4, -0.2) is 17.5 Å². The highest BCUT2D eigenvalue weighted by Crippen LogP contribution is 2.45. The molecule has 1 aliphatic heterocycles. The zero-order chi connectivity index (χ0) is 24.2. The highest BCUT2D eigenvalue weighted by Gasteiger charge is 2.32. The molecule has 4 rings (SSSR count). The van der Waals surface area contributed by atoms with Gasteiger partial charge >= 0.3 is 5.97 Å². The summed E-state index contributed by atoms with van der Waals surface area (Å²) in [5, 5.41) is 20.8. The average Bonchev–Trinajstić information content (AvgIpc) is 2.82. The highest BCUT2D eigenvalue weighted by atomic mass is 35.5. The summed E-state index contributed by atoms with van der Waals surface area (Å²) < 4.78 is 16.3. The van der Waals surface area contributed by atoms with Crippen molar-refractivity contribution in [3.8, 4) is 23.3 Å². The molecule has 0 amide bonds. The monoisotopic (exact) mass is 477 g/mol. The molecule has 3 aromatic rings. The molecular weight excluding hydrogens is 462 g/mol. The number of carbonyl (C=O) groups is 1. The molecule has 1 aliphatic rings. The molecule has 1 atom stereocenters. The number of rotatable bonds is 6. The standard InChI is InChI=1S/C24H16ClN3O6/c25-20-4-2-1-3-17(20)23-18-10-9-16(11-21(18)34-24(27)19(23)12-26)33-22(29)13-32-15-7-5-14(6-8-15)28(30)31/h1-11,23H,13,27H2. The van der Waals surface area contributed by atoms with Crippen molar-refractivity contribution in [1.82, 2.24) is 0 Å². The van der Waals surface area contributed by atoms with Crippen LogP contribution < -0.4 is 19.9 Å². The highest BCUT2D eigenvalue weighted by molar-refractivity contribution is 6.31. The van der Waals surface area contributed by atoms with Crippen LogP contribution in [0.4, 0.5) is 5.69 Å². The van der Waals surface area contributed by atoms with E-state index < -0.39 is 23.4 Å². The second-order valence-corrected chi connectivity index (χ2v) is 7.57. The number of nitrogens with two attached hydrogens (primary N) is 1. The fourth-order valence-electron chi connectivity index (χ4n) is 3.50. The van der Waals surface area contributed by atoms with Crippen LogP contribution in [0.5, 0.6) is 17.2 Å². The van der Waals surface area contributed by atoms with Crippen LogP contribution in [0.3, 0.4) is 0 Å². The van der Waals surface area contributed by atoms with Crippen molar-refractivity contribution >= 4 is 23.3 Å². The van der Waals surface area contributed by atoms with Gasteiger partial charge in [0.1, 0.15) is 28.9 Å². The molecule has 0 saturated heterocycles. The van der Waals surface area contributed by atoms with Crippen LogP contribution in [0.25, 0.3) is 0 Å². The average molecular weight is 478 g/mol. The Morgan fingerprint density at radius 1 is 1.12 bits per heavy atom. The van der Waals surface area contributed by atoms with Crippen LogP contribution >= 0.6 is 11.6 Å². The zero-order valence-electron chi connectivity index (χ0n) is 17.4. The summed E-state index contributed by atoms with van der Waals surface area (Å²) in [7, 11) is 0. The topological polar surface area (TPSA) is 138 Å². The number of hydrogen-bond acceptors (Lipinski definition) is 8. The van der Waals surface area contributed by atoms with Crippen molar-refractivity contribution in [3.05, 3.63) is 104 Å². The van der Waals surface area contributed by atoms with Gasteiger partial charge in [-0.15, -0.1) is 0 Å². The van der Waals surface area contributed by atoms with Crippen molar-refractivity contribution < 1.29 is 23.9 Å². The van der Waals surface area contributed by atoms with Crippen molar-refractivity contribution in [3.63, 3.8) is 0 Å². The predicted octanol–water partition coefficient (Wildman–Crippen LogP) is 4.45. The molecule has 9 nitrogen and oxygen atoms in total. The molecule has 1 heterocycles. The first-order valence-electron chi connectivity index (χ1n) is 9.91. The third-order valence-electron chi connectivity index (χ3n) is 5.04. The van der Waals surface area contributed by atoms with Gasteiger partial charge in [-0.3, -0.25) is 10.1 Å². The molecule has 0 aliphatic carbocycles. The van der Waals surface area contributed by atoms with Crippen LogP contribution in [0.1, 0.15) is 17.0 Å². The molecule has 0 radical (unpaired) electrons. The van der Waals surface area contributed by atoms with Gasteiger partial charge in [-0.2, -0.15) is 5.26 Å². The molecule has 3 aromatic carbocycles. The van der Waals surface area contributed by atoms with E-state index in [2.05, 4.69) is 6.07 Å². The van der Waals surface area contributed by atoms with E-state index in [0.717, 1.165) is 0 Å². The Kier molecular flexibility index (Phi) is 6.34. The van der Waals surface area contributed by atoms with E-state index in [9.17, 15) is 20.2 Å². The minimum absolute atomic E-state index is 0.0649. The minimum atomic E-state index is -0.696. The fourth-order valence-corrected chi connectivity index (χ4v) is 3.74. The van der Waals surface area contributed by atoms with Crippen LogP contribution in [0, 0.1) is 21.4 Å². The van der Waals surface area contributed by atoms with Gasteiger partial charge in [0.2, 0.25) is 5.88 Å². The molecule has 0 saturated carbocycles. The minimum Gasteiger partial charge on any atom is -0.482 e. The number of nitro benzene ring substituents is 1. The third-order valence-corrected chi connectivity index (χ3v) is 5.39. The maximum atomic E-state index is 12.2. The Labute approximate surface area is 198 Å². The van der Waals surface area contributed by atoms with Gasteiger partial charge in [-0.05, 0) is 29.8 Å². The smallest absolute Gasteiger partial charge is 0.349 e. The molecule has 0 bridgehead atoms. The maximum absolute atomic E-state index is 12.2. The summed E-state index contributed by atoms with van der Waals surface area (Å²) in [5.74, 6) is -0.522. The zero-order valence-corrected chi connectivity index (χ0v) is 18.2. The van der Waals surface area contributed by atoms with Gasteiger partial charge < -0.3 is 19.9 Å². The van der Waals surface area contributed by atoms with E-state index >= 15 is 0 Å². The number of esters is 1. The Morgan fingerprint density at radius 2 is 1.82 bits per heavy atom. The number of carbonyl (C=O) groups excluding carboxylic acids is 1. The van der Waals surface area contributed by atoms with Gasteiger partial charge in [0.25, 0.3) is 5.69 Å². The molecule has 2 N–H and O–H groups in total. The Balaban J connectivity index is 1.51. The Bertz CT molecular complexity index is 1350. The fraction of sp³-hybridized carbons (Fsp3) is 0.0833. The van der Waals surface area contributed by atoms with E-state index in [-0.39, 0.29) is 28.6 Å². The van der Waals surface area contributed by atoms with Crippen molar-refractivity contribution in [2.24, 2.45) is 5.73 Å². The molecule has 0 fully saturated rings. The molecule has 0 spiro atoms. The van der Waals surface area contributed by atoms with Crippen LogP contribution in [0.15, 0.2) is 78.2 Å². The summed E-state index contributed by atoms with van der Waals surface area (Å²) in [6.07, 6.45) is 0. The summed E-state index contributed by atoms with van der Waals surface area (Å²) in [6, 6.07) is 19.2. The third kappa shape index (κ3) is 4.62. The predicted molar refractivity (Wildman–Crippen MR) is 121 cm³/mol. The number of allylic oxidation sites excluding steroid dienone is 1. The lowest BCUT2D eigenvalue weighted by Gasteiger charge is -2.27. The number of benzene rings is 3. The first kappa shape index (κ1) is 22.6. The van der Waals surface area contributed by atoms with Crippen LogP contribution in [-0.2, 0) is 4.79 Å². The second-order valence-electron chi connectivity index (χ2n) is 7.16. The SMILES string of the molecule is N#CC1=C(N)Oc2cc(OC(=O)COc3ccc([N+](=O)[O-])cc3)ccc2C1c1ccccc1Cl. The van der Waals surface area contributed by atoms with E-state index in [1.54, 1.807) is 30.3 Å². The summed E-state index contributed by atoms with van der Waals surface area (Å²) in [5.41, 5.74) is 7.46. The number of nitriles is 1. The van der Waals surface area contributed by atoms with Gasteiger partial charge in [-0.1, -0.05) is 35.9 Å². The van der Waals surface area contributed by atoms with E-state index in [4.69, 9.17) is 31.5 Å². The molecular formula is C24H16ClN3O6. The van der Waals surface area contributed by atoms with Crippen molar-refractivity contribution in [2.45, 2.75) is 5.92 Å². The van der Waals surface area contributed by atoms with Crippen LogP contribution in [0.2, 0.25) is 5.02 Å². The second kappa shape index (κ2) is 9.52. The van der Waals surface area contributed by atoms with Gasteiger partial charge in [0.05, 0.1) is 10.8 Å². The van der Waals surface area contributed by atoms with Gasteiger partial charge in [-0.25, -0.2) is 4.79 Å². The number of halogens is 1. The lowest BCUT2D eigenvalue weighted by molar-refractivity contribution is -0.384. The van der Waals surface area contributed by atoms with Gasteiger partial charge in [0.15, 0.2) is 6.61 Å². The van der Waals surface area contributed by atoms with E-state index in [0.29, 0.717) is 21.9 Å². The summed E-state index contributed by atoms with van der Waals surface area (Å²) >= 11 is 6.37.